The van der Waals surface area contributed by atoms with Gasteiger partial charge in [-0.3, -0.25) is 0 Å². The van der Waals surface area contributed by atoms with Crippen LogP contribution in [-0.4, -0.2) is 9.13 Å². The average molecular weight is 625 g/mol. The van der Waals surface area contributed by atoms with Crippen LogP contribution < -0.4 is 0 Å². The summed E-state index contributed by atoms with van der Waals surface area (Å²) in [4.78, 5) is 4.02. The van der Waals surface area contributed by atoms with Gasteiger partial charge in [-0.15, -0.1) is 0 Å². The minimum Gasteiger partial charge on any atom is -0.456 e. The van der Waals surface area contributed by atoms with Crippen LogP contribution in [0.15, 0.2) is 150 Å². The second kappa shape index (κ2) is 10.2. The highest BCUT2D eigenvalue weighted by Gasteiger charge is 2.24. The van der Waals surface area contributed by atoms with Crippen molar-refractivity contribution in [1.29, 1.82) is 5.26 Å². The van der Waals surface area contributed by atoms with Gasteiger partial charge in [-0.2, -0.15) is 5.26 Å². The number of nitriles is 1. The molecule has 3 aromatic heterocycles. The number of fused-ring (bicyclic) bond motifs is 10. The highest BCUT2D eigenvalue weighted by molar-refractivity contribution is 6.24. The van der Waals surface area contributed by atoms with E-state index < -0.39 is 0 Å². The summed E-state index contributed by atoms with van der Waals surface area (Å²) >= 11 is 0. The molecular formula is C44H24N4O. The van der Waals surface area contributed by atoms with Gasteiger partial charge in [-0.25, -0.2) is 4.85 Å². The first-order valence-corrected chi connectivity index (χ1v) is 16.1. The lowest BCUT2D eigenvalue weighted by Gasteiger charge is -2.19. The van der Waals surface area contributed by atoms with Gasteiger partial charge in [0.1, 0.15) is 17.2 Å². The van der Waals surface area contributed by atoms with E-state index in [4.69, 9.17) is 11.0 Å². The summed E-state index contributed by atoms with van der Waals surface area (Å²) in [5, 5.41) is 17.5. The molecule has 226 valence electrons. The molecule has 0 spiro atoms. The fraction of sp³-hybridized carbons (Fsp3) is 0. The van der Waals surface area contributed by atoms with E-state index >= 15 is 0 Å². The number of para-hydroxylation sites is 5. The Balaban J connectivity index is 1.34. The van der Waals surface area contributed by atoms with Crippen LogP contribution in [0.5, 0.6) is 0 Å². The lowest BCUT2D eigenvalue weighted by molar-refractivity contribution is 0.669. The number of rotatable bonds is 3. The Labute approximate surface area is 280 Å². The summed E-state index contributed by atoms with van der Waals surface area (Å²) in [6.45, 7) is 8.26. The van der Waals surface area contributed by atoms with Crippen LogP contribution in [0.3, 0.4) is 0 Å². The van der Waals surface area contributed by atoms with Crippen molar-refractivity contribution in [3.05, 3.63) is 163 Å². The second-order valence-corrected chi connectivity index (χ2v) is 12.3. The average Bonchev–Trinajstić information content (AvgIpc) is 3.82. The van der Waals surface area contributed by atoms with E-state index in [1.54, 1.807) is 0 Å². The summed E-state index contributed by atoms with van der Waals surface area (Å²) in [6, 6.07) is 51.7. The monoisotopic (exact) mass is 624 g/mol. The maximum Gasteiger partial charge on any atom is 0.211 e. The predicted molar refractivity (Wildman–Crippen MR) is 199 cm³/mol. The zero-order chi connectivity index (χ0) is 32.6. The normalized spacial score (nSPS) is 11.6. The molecule has 0 atom stereocenters. The fourth-order valence-electron chi connectivity index (χ4n) is 7.82. The molecule has 0 aliphatic rings. The Kier molecular flexibility index (Phi) is 5.64. The number of nitrogens with zero attached hydrogens (tertiary/aromatic N) is 4. The van der Waals surface area contributed by atoms with Gasteiger partial charge in [-0.05, 0) is 48.0 Å². The molecule has 0 radical (unpaired) electrons. The minimum atomic E-state index is 0.515. The SMILES string of the molecule is [C-]#[N+]c1cccc(-c2cccc(-n3c4ccccc4c4ccc5oc6ccccc6c5c43)c2C#N)c1-n1c2ccccc2c2ccccc21. The number of aromatic nitrogens is 2. The van der Waals surface area contributed by atoms with E-state index in [0.29, 0.717) is 11.3 Å². The third kappa shape index (κ3) is 3.67. The van der Waals surface area contributed by atoms with Crippen molar-refractivity contribution in [2.75, 3.05) is 0 Å². The van der Waals surface area contributed by atoms with E-state index in [-0.39, 0.29) is 0 Å². The summed E-state index contributed by atoms with van der Waals surface area (Å²) in [5.41, 5.74) is 9.78. The van der Waals surface area contributed by atoms with Gasteiger partial charge in [0.25, 0.3) is 0 Å². The van der Waals surface area contributed by atoms with Gasteiger partial charge in [0.15, 0.2) is 0 Å². The Morgan fingerprint density at radius 2 is 1.12 bits per heavy atom. The van der Waals surface area contributed by atoms with E-state index in [1.165, 1.54) is 0 Å². The minimum absolute atomic E-state index is 0.515. The smallest absolute Gasteiger partial charge is 0.211 e. The lowest BCUT2D eigenvalue weighted by atomic mass is 9.96. The van der Waals surface area contributed by atoms with E-state index in [1.807, 2.05) is 91.0 Å². The fourth-order valence-corrected chi connectivity index (χ4v) is 7.82. The van der Waals surface area contributed by atoms with E-state index in [0.717, 1.165) is 88.1 Å². The van der Waals surface area contributed by atoms with Crippen molar-refractivity contribution >= 4 is 71.2 Å². The first-order chi connectivity index (χ1) is 24.3. The molecular weight excluding hydrogens is 601 g/mol. The molecule has 0 saturated heterocycles. The van der Waals surface area contributed by atoms with E-state index in [2.05, 4.69) is 74.6 Å². The highest BCUT2D eigenvalue weighted by atomic mass is 16.3. The van der Waals surface area contributed by atoms with Crippen molar-refractivity contribution in [3.8, 4) is 28.6 Å². The molecule has 5 heteroatoms. The molecule has 0 amide bonds. The number of benzene rings is 7. The molecule has 5 nitrogen and oxygen atoms in total. The molecule has 0 aliphatic heterocycles. The topological polar surface area (TPSA) is 51.1 Å². The van der Waals surface area contributed by atoms with Gasteiger partial charge in [0.05, 0.1) is 51.0 Å². The molecule has 49 heavy (non-hydrogen) atoms. The summed E-state index contributed by atoms with van der Waals surface area (Å²) in [7, 11) is 0. The zero-order valence-electron chi connectivity index (χ0n) is 26.1. The van der Waals surface area contributed by atoms with Crippen LogP contribution in [0.4, 0.5) is 5.69 Å². The van der Waals surface area contributed by atoms with Gasteiger partial charge in [-0.1, -0.05) is 103 Å². The van der Waals surface area contributed by atoms with Crippen LogP contribution >= 0.6 is 0 Å². The highest BCUT2D eigenvalue weighted by Crippen LogP contribution is 2.45. The van der Waals surface area contributed by atoms with Gasteiger partial charge in [0, 0.05) is 32.5 Å². The standard InChI is InChI=1S/C44H24N4O/c1-46-35-18-10-17-31(43(35)47-36-19-6-2-12-28(36)29-13-3-7-20-37(29)47)27-16-11-22-39(34(27)26-45)48-38-21-8-4-14-30(38)32-24-25-41-42(44(32)48)33-15-5-9-23-40(33)49-41/h2-25H. The molecule has 10 aromatic rings. The van der Waals surface area contributed by atoms with Gasteiger partial charge in [0.2, 0.25) is 5.69 Å². The Hall–Kier alpha value is -7.08. The Morgan fingerprint density at radius 1 is 0.531 bits per heavy atom. The van der Waals surface area contributed by atoms with Gasteiger partial charge >= 0.3 is 0 Å². The first-order valence-electron chi connectivity index (χ1n) is 16.1. The van der Waals surface area contributed by atoms with Crippen molar-refractivity contribution in [1.82, 2.24) is 9.13 Å². The lowest BCUT2D eigenvalue weighted by Crippen LogP contribution is -2.02. The largest absolute Gasteiger partial charge is 0.456 e. The van der Waals surface area contributed by atoms with Crippen molar-refractivity contribution in [2.24, 2.45) is 0 Å². The quantitative estimate of drug-likeness (QED) is 0.184. The van der Waals surface area contributed by atoms with Crippen LogP contribution in [0, 0.1) is 17.9 Å². The molecule has 0 bridgehead atoms. The molecule has 0 unspecified atom stereocenters. The first kappa shape index (κ1) is 27.1. The summed E-state index contributed by atoms with van der Waals surface area (Å²) in [5.74, 6) is 0. The summed E-state index contributed by atoms with van der Waals surface area (Å²) in [6.07, 6.45) is 0. The van der Waals surface area contributed by atoms with Crippen LogP contribution in [-0.2, 0) is 0 Å². The summed E-state index contributed by atoms with van der Waals surface area (Å²) < 4.78 is 10.7. The maximum absolute atomic E-state index is 11.1. The van der Waals surface area contributed by atoms with Crippen molar-refractivity contribution in [2.45, 2.75) is 0 Å². The molecule has 0 saturated carbocycles. The number of furan rings is 1. The number of hydrogen-bond acceptors (Lipinski definition) is 2. The molecule has 10 rings (SSSR count). The zero-order valence-corrected chi connectivity index (χ0v) is 26.1. The Bertz CT molecular complexity index is 3030. The van der Waals surface area contributed by atoms with Crippen molar-refractivity contribution < 1.29 is 4.42 Å². The molecule has 0 N–H and O–H groups in total. The molecule has 7 aromatic carbocycles. The number of hydrogen-bond donors (Lipinski definition) is 0. The van der Waals surface area contributed by atoms with E-state index in [9.17, 15) is 5.26 Å². The predicted octanol–water partition coefficient (Wildman–Crippen LogP) is 11.9. The van der Waals surface area contributed by atoms with Crippen LogP contribution in [0.25, 0.3) is 92.9 Å². The third-order valence-electron chi connectivity index (χ3n) is 9.80. The Morgan fingerprint density at radius 3 is 1.82 bits per heavy atom. The maximum atomic E-state index is 11.1. The molecule has 0 aliphatic carbocycles. The second-order valence-electron chi connectivity index (χ2n) is 12.3. The van der Waals surface area contributed by atoms with Crippen LogP contribution in [0.1, 0.15) is 5.56 Å². The molecule has 3 heterocycles. The van der Waals surface area contributed by atoms with Crippen molar-refractivity contribution in [3.63, 3.8) is 0 Å². The third-order valence-corrected chi connectivity index (χ3v) is 9.80. The van der Waals surface area contributed by atoms with Gasteiger partial charge < -0.3 is 13.6 Å². The molecule has 0 fully saturated rings. The van der Waals surface area contributed by atoms with Crippen LogP contribution in [0.2, 0.25) is 0 Å².